The summed E-state index contributed by atoms with van der Waals surface area (Å²) in [5.74, 6) is 0. The normalized spacial score (nSPS) is 18.9. The lowest BCUT2D eigenvalue weighted by molar-refractivity contribution is 0.666. The molecule has 20 heavy (non-hydrogen) atoms. The van der Waals surface area contributed by atoms with Gasteiger partial charge in [-0.05, 0) is 35.7 Å². The zero-order valence-electron chi connectivity index (χ0n) is 21.4. The van der Waals surface area contributed by atoms with Gasteiger partial charge in [-0.3, -0.25) is 0 Å². The van der Waals surface area contributed by atoms with Crippen LogP contribution in [0.15, 0.2) is 70.9 Å². The molecule has 0 aliphatic carbocycles. The van der Waals surface area contributed by atoms with Crippen LogP contribution in [0.3, 0.4) is 0 Å². The minimum atomic E-state index is -0.636. The van der Waals surface area contributed by atoms with Crippen LogP contribution in [-0.2, 0) is 0 Å². The van der Waals surface area contributed by atoms with Crippen LogP contribution in [0.2, 0.25) is 0 Å². The Labute approximate surface area is 132 Å². The van der Waals surface area contributed by atoms with E-state index in [1.165, 1.54) is 6.92 Å². The van der Waals surface area contributed by atoms with Crippen LogP contribution >= 0.6 is 0 Å². The van der Waals surface area contributed by atoms with Crippen LogP contribution in [0, 0.1) is 6.92 Å². The fourth-order valence-electron chi connectivity index (χ4n) is 2.04. The largest absolute Gasteiger partial charge is 0.456 e. The standard InChI is InChI=1S/C19H14O/c1-13-6-5-9-16-17-12-15(14-7-3-2-4-8-14)10-11-18(17)20-19(13)16/h2-12H,1H3/i2D,3D,4D,5D,6D,7D,8D,9D,10D,11D,12D. The fourth-order valence-corrected chi connectivity index (χ4v) is 2.04. The van der Waals surface area contributed by atoms with E-state index < -0.39 is 59.9 Å². The molecule has 0 saturated heterocycles. The first-order valence-electron chi connectivity index (χ1n) is 11.4. The molecule has 3 aromatic carbocycles. The first-order chi connectivity index (χ1) is 14.4. The third kappa shape index (κ3) is 1.64. The van der Waals surface area contributed by atoms with E-state index >= 15 is 0 Å². The molecule has 0 aliphatic rings. The van der Waals surface area contributed by atoms with E-state index in [1.54, 1.807) is 0 Å². The van der Waals surface area contributed by atoms with E-state index in [1.807, 2.05) is 0 Å². The van der Waals surface area contributed by atoms with E-state index in [2.05, 4.69) is 0 Å². The van der Waals surface area contributed by atoms with Crippen molar-refractivity contribution in [3.63, 3.8) is 0 Å². The van der Waals surface area contributed by atoms with Crippen molar-refractivity contribution in [3.8, 4) is 11.1 Å². The van der Waals surface area contributed by atoms with E-state index in [0.29, 0.717) is 0 Å². The molecule has 96 valence electrons. The first-order valence-corrected chi connectivity index (χ1v) is 5.91. The van der Waals surface area contributed by atoms with Gasteiger partial charge in [0.15, 0.2) is 0 Å². The molecule has 4 aromatic rings. The van der Waals surface area contributed by atoms with E-state index in [4.69, 9.17) is 19.5 Å². The molecule has 0 fully saturated rings. The van der Waals surface area contributed by atoms with Gasteiger partial charge in [0.05, 0.1) is 15.1 Å². The molecule has 0 saturated carbocycles. The highest BCUT2D eigenvalue weighted by Gasteiger charge is 2.09. The van der Waals surface area contributed by atoms with E-state index in [0.717, 1.165) is 0 Å². The summed E-state index contributed by atoms with van der Waals surface area (Å²) in [6.07, 6.45) is 0. The monoisotopic (exact) mass is 269 g/mol. The quantitative estimate of drug-likeness (QED) is 0.441. The van der Waals surface area contributed by atoms with Gasteiger partial charge in [-0.2, -0.15) is 0 Å². The second-order valence-corrected chi connectivity index (χ2v) is 4.26. The van der Waals surface area contributed by atoms with Crippen molar-refractivity contribution in [2.45, 2.75) is 6.92 Å². The van der Waals surface area contributed by atoms with Gasteiger partial charge in [0, 0.05) is 10.8 Å². The summed E-state index contributed by atoms with van der Waals surface area (Å²) in [6, 6.07) is -5.62. The lowest BCUT2D eigenvalue weighted by atomic mass is 10.0. The number of hydrogen-bond acceptors (Lipinski definition) is 1. The molecule has 1 aromatic heterocycles. The Bertz CT molecular complexity index is 1420. The van der Waals surface area contributed by atoms with Gasteiger partial charge in [0.1, 0.15) is 11.2 Å². The molecule has 0 aliphatic heterocycles. The Balaban J connectivity index is 2.30. The average Bonchev–Trinajstić information content (AvgIpc) is 3.15. The summed E-state index contributed by atoms with van der Waals surface area (Å²) < 4.78 is 95.3. The van der Waals surface area contributed by atoms with Gasteiger partial charge in [0.2, 0.25) is 0 Å². The highest BCUT2D eigenvalue weighted by Crippen LogP contribution is 2.33. The minimum absolute atomic E-state index is 0.0145. The summed E-state index contributed by atoms with van der Waals surface area (Å²) in [4.78, 5) is 0. The molecule has 0 bridgehead atoms. The van der Waals surface area contributed by atoms with Gasteiger partial charge in [0.25, 0.3) is 0 Å². The molecule has 0 atom stereocenters. The first kappa shape index (κ1) is 4.78. The van der Waals surface area contributed by atoms with Gasteiger partial charge in [-0.25, -0.2) is 0 Å². The number of fused-ring (bicyclic) bond motifs is 3. The van der Waals surface area contributed by atoms with E-state index in [-0.39, 0.29) is 45.2 Å². The molecule has 0 unspecified atom stereocenters. The summed E-state index contributed by atoms with van der Waals surface area (Å²) in [7, 11) is 0. The molecule has 0 amide bonds. The molecule has 0 spiro atoms. The molecular formula is C19H14O. The lowest BCUT2D eigenvalue weighted by Gasteiger charge is -2.01. The SMILES string of the molecule is [2H]c1c([2H])c([2H])c(-c2c([2H])c([2H])c3oc4c(C)c([2H])c([2H])c([2H])c4c3c2[2H])c([2H])c1[2H]. The summed E-state index contributed by atoms with van der Waals surface area (Å²) in [5.41, 5.74) is -0.654. The molecular weight excluding hydrogens is 244 g/mol. The number of hydrogen-bond donors (Lipinski definition) is 0. The Hall–Kier alpha value is -2.54. The molecule has 1 nitrogen and oxygen atoms in total. The highest BCUT2D eigenvalue weighted by molar-refractivity contribution is 6.07. The van der Waals surface area contributed by atoms with Crippen LogP contribution in [0.5, 0.6) is 0 Å². The van der Waals surface area contributed by atoms with Gasteiger partial charge in [-0.15, -0.1) is 0 Å². The summed E-state index contributed by atoms with van der Waals surface area (Å²) in [5, 5.41) is -0.0555. The van der Waals surface area contributed by atoms with Crippen LogP contribution in [0.1, 0.15) is 20.6 Å². The minimum Gasteiger partial charge on any atom is -0.456 e. The van der Waals surface area contributed by atoms with Crippen molar-refractivity contribution in [1.29, 1.82) is 0 Å². The maximum absolute atomic E-state index is 8.70. The predicted molar refractivity (Wildman–Crippen MR) is 83.9 cm³/mol. The maximum Gasteiger partial charge on any atom is 0.138 e. The van der Waals surface area contributed by atoms with Gasteiger partial charge >= 0.3 is 0 Å². The van der Waals surface area contributed by atoms with Crippen LogP contribution in [0.25, 0.3) is 33.1 Å². The van der Waals surface area contributed by atoms with Crippen LogP contribution in [-0.4, -0.2) is 0 Å². The zero-order chi connectivity index (χ0) is 23.1. The third-order valence-corrected chi connectivity index (χ3v) is 2.99. The predicted octanol–water partition coefficient (Wildman–Crippen LogP) is 5.56. The van der Waals surface area contributed by atoms with Crippen molar-refractivity contribution >= 4 is 21.9 Å². The molecule has 1 heterocycles. The van der Waals surface area contributed by atoms with Crippen molar-refractivity contribution in [1.82, 2.24) is 0 Å². The zero-order valence-corrected chi connectivity index (χ0v) is 10.4. The third-order valence-electron chi connectivity index (χ3n) is 2.99. The van der Waals surface area contributed by atoms with Crippen molar-refractivity contribution in [2.24, 2.45) is 0 Å². The highest BCUT2D eigenvalue weighted by atomic mass is 16.3. The van der Waals surface area contributed by atoms with Crippen molar-refractivity contribution < 1.29 is 19.5 Å². The number of rotatable bonds is 1. The fraction of sp³-hybridized carbons (Fsp3) is 0.0526. The van der Waals surface area contributed by atoms with Crippen molar-refractivity contribution in [2.75, 3.05) is 0 Å². The Morgan fingerprint density at radius 1 is 0.800 bits per heavy atom. The van der Waals surface area contributed by atoms with E-state index in [9.17, 15) is 0 Å². The number of furan rings is 1. The second kappa shape index (κ2) is 4.24. The smallest absolute Gasteiger partial charge is 0.138 e. The van der Waals surface area contributed by atoms with Gasteiger partial charge < -0.3 is 4.42 Å². The van der Waals surface area contributed by atoms with Crippen LogP contribution < -0.4 is 0 Å². The van der Waals surface area contributed by atoms with Crippen molar-refractivity contribution in [3.05, 3.63) is 72.0 Å². The molecule has 0 radical (unpaired) electrons. The molecule has 1 heteroatoms. The number of para-hydroxylation sites is 1. The number of benzene rings is 3. The maximum atomic E-state index is 8.70. The average molecular weight is 269 g/mol. The van der Waals surface area contributed by atoms with Gasteiger partial charge in [-0.1, -0.05) is 54.4 Å². The summed E-state index contributed by atoms with van der Waals surface area (Å²) >= 11 is 0. The topological polar surface area (TPSA) is 13.1 Å². The summed E-state index contributed by atoms with van der Waals surface area (Å²) in [6.45, 7) is 1.51. The molecule has 4 rings (SSSR count). The Kier molecular flexibility index (Phi) is 1.01. The lowest BCUT2D eigenvalue weighted by Crippen LogP contribution is -1.76. The number of aryl methyl sites for hydroxylation is 1. The second-order valence-electron chi connectivity index (χ2n) is 4.26. The Morgan fingerprint density at radius 2 is 1.65 bits per heavy atom. The Morgan fingerprint density at radius 3 is 2.50 bits per heavy atom. The molecule has 0 N–H and O–H groups in total. The van der Waals surface area contributed by atoms with Crippen LogP contribution in [0.4, 0.5) is 0 Å².